The SMILES string of the molecule is Cn1ccc(NC(=O)c2ccc(Nc3nc4ccccc4n(C)c3=O)cc2)n1. The van der Waals surface area contributed by atoms with Gasteiger partial charge in [-0.3, -0.25) is 14.3 Å². The summed E-state index contributed by atoms with van der Waals surface area (Å²) >= 11 is 0. The maximum Gasteiger partial charge on any atom is 0.293 e. The molecule has 4 aromatic rings. The predicted octanol–water partition coefficient (Wildman–Crippen LogP) is 2.66. The average Bonchev–Trinajstić information content (AvgIpc) is 3.11. The normalized spacial score (nSPS) is 10.8. The lowest BCUT2D eigenvalue weighted by molar-refractivity contribution is 0.102. The Labute approximate surface area is 160 Å². The number of hydrogen-bond acceptors (Lipinski definition) is 5. The summed E-state index contributed by atoms with van der Waals surface area (Å²) < 4.78 is 3.17. The van der Waals surface area contributed by atoms with Crippen molar-refractivity contribution >= 4 is 34.3 Å². The second kappa shape index (κ2) is 6.99. The first-order chi connectivity index (χ1) is 13.5. The van der Waals surface area contributed by atoms with Gasteiger partial charge in [-0.2, -0.15) is 5.10 Å². The van der Waals surface area contributed by atoms with Gasteiger partial charge in [-0.1, -0.05) is 12.1 Å². The Balaban J connectivity index is 1.55. The molecule has 0 aliphatic rings. The molecule has 1 amide bonds. The molecule has 0 aliphatic heterocycles. The molecule has 0 radical (unpaired) electrons. The second-order valence-electron chi connectivity index (χ2n) is 6.34. The Kier molecular flexibility index (Phi) is 4.36. The van der Waals surface area contributed by atoms with Crippen LogP contribution in [0.4, 0.5) is 17.3 Å². The van der Waals surface area contributed by atoms with Crippen LogP contribution < -0.4 is 16.2 Å². The molecule has 28 heavy (non-hydrogen) atoms. The van der Waals surface area contributed by atoms with E-state index in [-0.39, 0.29) is 17.3 Å². The molecule has 0 fully saturated rings. The number of nitrogens with zero attached hydrogens (tertiary/aromatic N) is 4. The van der Waals surface area contributed by atoms with Crippen molar-refractivity contribution in [3.05, 3.63) is 76.7 Å². The molecule has 0 saturated heterocycles. The van der Waals surface area contributed by atoms with E-state index in [0.29, 0.717) is 17.1 Å². The average molecular weight is 374 g/mol. The Hall–Kier alpha value is -3.94. The Bertz CT molecular complexity index is 1220. The van der Waals surface area contributed by atoms with Gasteiger partial charge in [0.2, 0.25) is 0 Å². The summed E-state index contributed by atoms with van der Waals surface area (Å²) in [5, 5.41) is 9.88. The summed E-state index contributed by atoms with van der Waals surface area (Å²) in [5.74, 6) is 0.454. The van der Waals surface area contributed by atoms with Gasteiger partial charge in [0.1, 0.15) is 0 Å². The number of carbonyl (C=O) groups excluding carboxylic acids is 1. The zero-order valence-electron chi connectivity index (χ0n) is 15.4. The van der Waals surface area contributed by atoms with E-state index in [4.69, 9.17) is 0 Å². The molecule has 2 aromatic carbocycles. The third-order valence-corrected chi connectivity index (χ3v) is 4.35. The fraction of sp³-hybridized carbons (Fsp3) is 0.100. The molecule has 8 heteroatoms. The second-order valence-corrected chi connectivity index (χ2v) is 6.34. The van der Waals surface area contributed by atoms with Crippen molar-refractivity contribution in [3.63, 3.8) is 0 Å². The predicted molar refractivity (Wildman–Crippen MR) is 108 cm³/mol. The molecule has 2 heterocycles. The van der Waals surface area contributed by atoms with Crippen molar-refractivity contribution in [1.29, 1.82) is 0 Å². The summed E-state index contributed by atoms with van der Waals surface area (Å²) in [6.45, 7) is 0. The standard InChI is InChI=1S/C20H18N6O2/c1-25-12-11-17(24-25)23-19(27)13-7-9-14(10-8-13)21-18-20(28)26(2)16-6-4-3-5-15(16)22-18/h3-12H,1-2H3,(H,21,22)(H,23,24,27). The van der Waals surface area contributed by atoms with Gasteiger partial charge in [-0.15, -0.1) is 0 Å². The van der Waals surface area contributed by atoms with Gasteiger partial charge in [0, 0.05) is 37.6 Å². The van der Waals surface area contributed by atoms with Crippen LogP contribution in [-0.2, 0) is 14.1 Å². The molecule has 2 N–H and O–H groups in total. The number of nitrogens with one attached hydrogen (secondary N) is 2. The minimum atomic E-state index is -0.259. The molecule has 0 bridgehead atoms. The molecule has 0 aliphatic carbocycles. The number of amides is 1. The van der Waals surface area contributed by atoms with Crippen molar-refractivity contribution in [2.75, 3.05) is 10.6 Å². The first kappa shape index (κ1) is 17.5. The number of para-hydroxylation sites is 2. The maximum absolute atomic E-state index is 12.5. The molecule has 8 nitrogen and oxygen atoms in total. The topological polar surface area (TPSA) is 93.8 Å². The number of benzene rings is 2. The van der Waals surface area contributed by atoms with Crippen LogP contribution in [0.1, 0.15) is 10.4 Å². The Morgan fingerprint density at radius 3 is 2.46 bits per heavy atom. The zero-order chi connectivity index (χ0) is 19.7. The Morgan fingerprint density at radius 1 is 1.00 bits per heavy atom. The summed E-state index contributed by atoms with van der Waals surface area (Å²) in [7, 11) is 3.49. The van der Waals surface area contributed by atoms with Crippen LogP contribution >= 0.6 is 0 Å². The largest absolute Gasteiger partial charge is 0.336 e. The first-order valence-corrected chi connectivity index (χ1v) is 8.65. The smallest absolute Gasteiger partial charge is 0.293 e. The molecule has 0 spiro atoms. The first-order valence-electron chi connectivity index (χ1n) is 8.65. The lowest BCUT2D eigenvalue weighted by Crippen LogP contribution is -2.21. The van der Waals surface area contributed by atoms with Crippen LogP contribution in [0.3, 0.4) is 0 Å². The van der Waals surface area contributed by atoms with Crippen molar-refractivity contribution in [2.24, 2.45) is 14.1 Å². The summed E-state index contributed by atoms with van der Waals surface area (Å²) in [6, 6.07) is 16.0. The molecular weight excluding hydrogens is 356 g/mol. The number of aromatic nitrogens is 4. The molecule has 0 saturated carbocycles. The number of carbonyl (C=O) groups is 1. The van der Waals surface area contributed by atoms with Gasteiger partial charge >= 0.3 is 0 Å². The van der Waals surface area contributed by atoms with E-state index in [1.165, 1.54) is 0 Å². The van der Waals surface area contributed by atoms with E-state index in [1.54, 1.807) is 59.9 Å². The van der Waals surface area contributed by atoms with Crippen LogP contribution in [0, 0.1) is 0 Å². The van der Waals surface area contributed by atoms with Gasteiger partial charge < -0.3 is 15.2 Å². The van der Waals surface area contributed by atoms with Gasteiger partial charge in [0.25, 0.3) is 11.5 Å². The van der Waals surface area contributed by atoms with Gasteiger partial charge in [0.05, 0.1) is 11.0 Å². The van der Waals surface area contributed by atoms with Crippen LogP contribution in [0.25, 0.3) is 11.0 Å². The van der Waals surface area contributed by atoms with E-state index in [1.807, 2.05) is 24.3 Å². The van der Waals surface area contributed by atoms with Crippen LogP contribution in [0.5, 0.6) is 0 Å². The number of fused-ring (bicyclic) bond motifs is 1. The fourth-order valence-electron chi connectivity index (χ4n) is 2.87. The number of anilines is 3. The van der Waals surface area contributed by atoms with Gasteiger partial charge in [-0.25, -0.2) is 4.98 Å². The minimum absolute atomic E-state index is 0.226. The van der Waals surface area contributed by atoms with Crippen LogP contribution in [0.2, 0.25) is 0 Å². The minimum Gasteiger partial charge on any atom is -0.336 e. The van der Waals surface area contributed by atoms with Crippen LogP contribution in [-0.4, -0.2) is 25.2 Å². The Morgan fingerprint density at radius 2 is 1.75 bits per heavy atom. The van der Waals surface area contributed by atoms with E-state index in [9.17, 15) is 9.59 Å². The highest BCUT2D eigenvalue weighted by atomic mass is 16.1. The number of hydrogen-bond donors (Lipinski definition) is 2. The van der Waals surface area contributed by atoms with Gasteiger partial charge in [0.15, 0.2) is 11.6 Å². The molecule has 0 unspecified atom stereocenters. The highest BCUT2D eigenvalue weighted by molar-refractivity contribution is 6.03. The number of rotatable bonds is 4. The van der Waals surface area contributed by atoms with Crippen molar-refractivity contribution in [3.8, 4) is 0 Å². The van der Waals surface area contributed by atoms with E-state index in [2.05, 4.69) is 20.7 Å². The summed E-state index contributed by atoms with van der Waals surface area (Å²) in [5.41, 5.74) is 2.40. The number of aryl methyl sites for hydroxylation is 2. The van der Waals surface area contributed by atoms with Gasteiger partial charge in [-0.05, 0) is 36.4 Å². The summed E-state index contributed by atoms with van der Waals surface area (Å²) in [4.78, 5) is 29.2. The molecule has 0 atom stereocenters. The monoisotopic (exact) mass is 374 g/mol. The fourth-order valence-corrected chi connectivity index (χ4v) is 2.87. The zero-order valence-corrected chi connectivity index (χ0v) is 15.4. The third kappa shape index (κ3) is 3.35. The van der Waals surface area contributed by atoms with Crippen molar-refractivity contribution in [1.82, 2.24) is 19.3 Å². The van der Waals surface area contributed by atoms with Crippen molar-refractivity contribution in [2.45, 2.75) is 0 Å². The highest BCUT2D eigenvalue weighted by Crippen LogP contribution is 2.16. The molecular formula is C20H18N6O2. The van der Waals surface area contributed by atoms with E-state index < -0.39 is 0 Å². The third-order valence-electron chi connectivity index (χ3n) is 4.35. The highest BCUT2D eigenvalue weighted by Gasteiger charge is 2.10. The summed E-state index contributed by atoms with van der Waals surface area (Å²) in [6.07, 6.45) is 1.75. The quantitative estimate of drug-likeness (QED) is 0.573. The van der Waals surface area contributed by atoms with Crippen LogP contribution in [0.15, 0.2) is 65.6 Å². The lowest BCUT2D eigenvalue weighted by atomic mass is 10.2. The maximum atomic E-state index is 12.5. The van der Waals surface area contributed by atoms with Crippen molar-refractivity contribution < 1.29 is 4.79 Å². The molecule has 140 valence electrons. The lowest BCUT2D eigenvalue weighted by Gasteiger charge is -2.10. The van der Waals surface area contributed by atoms with E-state index in [0.717, 1.165) is 11.0 Å². The van der Waals surface area contributed by atoms with E-state index >= 15 is 0 Å². The molecule has 4 rings (SSSR count). The molecule has 2 aromatic heterocycles.